The van der Waals surface area contributed by atoms with Crippen LogP contribution < -0.4 is 11.1 Å². The molecule has 0 spiro atoms. The standard InChI is InChI=1S/C13H18N2O3/c1-3-8(2)6-12(16)15-11-7-9(14)4-5-10(11)13(17)18/h4-5,7-8H,3,6,14H2,1-2H3,(H,15,16)(H,17,18). The highest BCUT2D eigenvalue weighted by atomic mass is 16.4. The molecule has 0 heterocycles. The summed E-state index contributed by atoms with van der Waals surface area (Å²) in [5.74, 6) is -1.02. The second-order valence-corrected chi connectivity index (χ2v) is 4.38. The Kier molecular flexibility index (Phi) is 4.71. The molecule has 1 unspecified atom stereocenters. The van der Waals surface area contributed by atoms with Gasteiger partial charge in [0, 0.05) is 12.1 Å². The second-order valence-electron chi connectivity index (χ2n) is 4.38. The molecule has 0 saturated carbocycles. The zero-order valence-corrected chi connectivity index (χ0v) is 10.6. The number of benzene rings is 1. The number of anilines is 2. The van der Waals surface area contributed by atoms with Crippen molar-refractivity contribution < 1.29 is 14.7 Å². The Morgan fingerprint density at radius 1 is 1.44 bits per heavy atom. The summed E-state index contributed by atoms with van der Waals surface area (Å²) in [6.07, 6.45) is 1.26. The molecule has 0 aliphatic carbocycles. The highest BCUT2D eigenvalue weighted by molar-refractivity contribution is 6.01. The fraction of sp³-hybridized carbons (Fsp3) is 0.385. The predicted molar refractivity (Wildman–Crippen MR) is 70.5 cm³/mol. The minimum atomic E-state index is -1.09. The lowest BCUT2D eigenvalue weighted by molar-refractivity contribution is -0.117. The molecule has 1 amide bonds. The number of nitrogens with one attached hydrogen (secondary N) is 1. The van der Waals surface area contributed by atoms with E-state index in [1.165, 1.54) is 18.2 Å². The van der Waals surface area contributed by atoms with Crippen LogP contribution in [0.25, 0.3) is 0 Å². The Morgan fingerprint density at radius 2 is 2.11 bits per heavy atom. The summed E-state index contributed by atoms with van der Waals surface area (Å²) in [6.45, 7) is 3.97. The highest BCUT2D eigenvalue weighted by Crippen LogP contribution is 2.20. The summed E-state index contributed by atoms with van der Waals surface area (Å²) in [6, 6.07) is 4.34. The van der Waals surface area contributed by atoms with Crippen LogP contribution in [-0.4, -0.2) is 17.0 Å². The summed E-state index contributed by atoms with van der Waals surface area (Å²) in [5, 5.41) is 11.6. The molecule has 5 heteroatoms. The van der Waals surface area contributed by atoms with Crippen LogP contribution in [0, 0.1) is 5.92 Å². The Bertz CT molecular complexity index is 458. The van der Waals surface area contributed by atoms with E-state index in [-0.39, 0.29) is 23.1 Å². The summed E-state index contributed by atoms with van der Waals surface area (Å²) in [7, 11) is 0. The zero-order chi connectivity index (χ0) is 13.7. The van der Waals surface area contributed by atoms with E-state index in [9.17, 15) is 9.59 Å². The van der Waals surface area contributed by atoms with Gasteiger partial charge in [0.15, 0.2) is 0 Å². The normalized spacial score (nSPS) is 11.9. The molecule has 0 bridgehead atoms. The van der Waals surface area contributed by atoms with Gasteiger partial charge in [-0.2, -0.15) is 0 Å². The Morgan fingerprint density at radius 3 is 2.67 bits per heavy atom. The fourth-order valence-electron chi connectivity index (χ4n) is 1.51. The van der Waals surface area contributed by atoms with Crippen LogP contribution in [-0.2, 0) is 4.79 Å². The average Bonchev–Trinajstić information content (AvgIpc) is 2.28. The summed E-state index contributed by atoms with van der Waals surface area (Å²) in [4.78, 5) is 22.7. The molecule has 1 aromatic rings. The molecule has 1 atom stereocenters. The monoisotopic (exact) mass is 250 g/mol. The maximum Gasteiger partial charge on any atom is 0.337 e. The number of carboxylic acid groups (broad SMARTS) is 1. The van der Waals surface area contributed by atoms with Gasteiger partial charge in [-0.15, -0.1) is 0 Å². The van der Waals surface area contributed by atoms with Crippen molar-refractivity contribution in [1.82, 2.24) is 0 Å². The van der Waals surface area contributed by atoms with Crippen LogP contribution >= 0.6 is 0 Å². The van der Waals surface area contributed by atoms with Crippen LogP contribution in [0.15, 0.2) is 18.2 Å². The third-order valence-electron chi connectivity index (χ3n) is 2.78. The van der Waals surface area contributed by atoms with Gasteiger partial charge in [-0.3, -0.25) is 4.79 Å². The van der Waals surface area contributed by atoms with Crippen LogP contribution in [0.3, 0.4) is 0 Å². The van der Waals surface area contributed by atoms with Crippen molar-refractivity contribution in [3.63, 3.8) is 0 Å². The van der Waals surface area contributed by atoms with E-state index in [4.69, 9.17) is 10.8 Å². The van der Waals surface area contributed by atoms with Crippen molar-refractivity contribution >= 4 is 23.3 Å². The number of hydrogen-bond acceptors (Lipinski definition) is 3. The summed E-state index contributed by atoms with van der Waals surface area (Å²) < 4.78 is 0. The number of nitrogen functional groups attached to an aromatic ring is 1. The number of carbonyl (C=O) groups is 2. The first-order valence-corrected chi connectivity index (χ1v) is 5.86. The van der Waals surface area contributed by atoms with E-state index in [1.807, 2.05) is 13.8 Å². The molecule has 0 aromatic heterocycles. The lowest BCUT2D eigenvalue weighted by Gasteiger charge is -2.11. The van der Waals surface area contributed by atoms with Crippen molar-refractivity contribution in [2.24, 2.45) is 5.92 Å². The first-order chi connectivity index (χ1) is 8.43. The third kappa shape index (κ3) is 3.76. The van der Waals surface area contributed by atoms with Crippen molar-refractivity contribution in [2.75, 3.05) is 11.1 Å². The fourth-order valence-corrected chi connectivity index (χ4v) is 1.51. The van der Waals surface area contributed by atoms with E-state index in [0.717, 1.165) is 6.42 Å². The minimum absolute atomic E-state index is 0.0432. The lowest BCUT2D eigenvalue weighted by Crippen LogP contribution is -2.17. The third-order valence-corrected chi connectivity index (χ3v) is 2.78. The second kappa shape index (κ2) is 6.05. The SMILES string of the molecule is CCC(C)CC(=O)Nc1cc(N)ccc1C(=O)O. The van der Waals surface area contributed by atoms with Gasteiger partial charge in [0.2, 0.25) is 5.91 Å². The van der Waals surface area contributed by atoms with Crippen LogP contribution in [0.5, 0.6) is 0 Å². The molecule has 0 aliphatic rings. The van der Waals surface area contributed by atoms with Crippen molar-refractivity contribution in [2.45, 2.75) is 26.7 Å². The van der Waals surface area contributed by atoms with E-state index in [0.29, 0.717) is 12.1 Å². The molecular weight excluding hydrogens is 232 g/mol. The van der Waals surface area contributed by atoms with Gasteiger partial charge in [0.1, 0.15) is 0 Å². The Labute approximate surface area is 106 Å². The smallest absolute Gasteiger partial charge is 0.337 e. The highest BCUT2D eigenvalue weighted by Gasteiger charge is 2.14. The van der Waals surface area contributed by atoms with Crippen molar-refractivity contribution in [3.8, 4) is 0 Å². The molecule has 4 N–H and O–H groups in total. The molecular formula is C13H18N2O3. The first-order valence-electron chi connectivity index (χ1n) is 5.86. The van der Waals surface area contributed by atoms with Gasteiger partial charge < -0.3 is 16.2 Å². The summed E-state index contributed by atoms with van der Waals surface area (Å²) >= 11 is 0. The minimum Gasteiger partial charge on any atom is -0.478 e. The molecule has 5 nitrogen and oxygen atoms in total. The average molecular weight is 250 g/mol. The van der Waals surface area contributed by atoms with Crippen LogP contribution in [0.2, 0.25) is 0 Å². The molecule has 98 valence electrons. The molecule has 1 rings (SSSR count). The van der Waals surface area contributed by atoms with Crippen LogP contribution in [0.4, 0.5) is 11.4 Å². The van der Waals surface area contributed by atoms with E-state index in [2.05, 4.69) is 5.32 Å². The topological polar surface area (TPSA) is 92.4 Å². The molecule has 0 radical (unpaired) electrons. The number of nitrogens with two attached hydrogens (primary N) is 1. The predicted octanol–water partition coefficient (Wildman–Crippen LogP) is 2.34. The first kappa shape index (κ1) is 14.0. The van der Waals surface area contributed by atoms with Gasteiger partial charge >= 0.3 is 5.97 Å². The van der Waals surface area contributed by atoms with Gasteiger partial charge in [-0.05, 0) is 24.1 Å². The van der Waals surface area contributed by atoms with E-state index < -0.39 is 5.97 Å². The van der Waals surface area contributed by atoms with Gasteiger partial charge in [0.25, 0.3) is 0 Å². The summed E-state index contributed by atoms with van der Waals surface area (Å²) in [5.41, 5.74) is 6.29. The maximum absolute atomic E-state index is 11.7. The molecule has 18 heavy (non-hydrogen) atoms. The number of hydrogen-bond donors (Lipinski definition) is 3. The number of carbonyl (C=O) groups excluding carboxylic acids is 1. The molecule has 0 aliphatic heterocycles. The van der Waals surface area contributed by atoms with Gasteiger partial charge in [0.05, 0.1) is 11.3 Å². The largest absolute Gasteiger partial charge is 0.478 e. The maximum atomic E-state index is 11.7. The molecule has 0 saturated heterocycles. The zero-order valence-electron chi connectivity index (χ0n) is 10.6. The number of amides is 1. The lowest BCUT2D eigenvalue weighted by atomic mass is 10.0. The number of aromatic carboxylic acids is 1. The van der Waals surface area contributed by atoms with Crippen molar-refractivity contribution in [3.05, 3.63) is 23.8 Å². The van der Waals surface area contributed by atoms with E-state index in [1.54, 1.807) is 0 Å². The van der Waals surface area contributed by atoms with Gasteiger partial charge in [-0.25, -0.2) is 4.79 Å². The number of rotatable bonds is 5. The molecule has 1 aromatic carbocycles. The molecule has 0 fully saturated rings. The quantitative estimate of drug-likeness (QED) is 0.699. The Balaban J connectivity index is 2.86. The van der Waals surface area contributed by atoms with E-state index >= 15 is 0 Å². The van der Waals surface area contributed by atoms with Crippen molar-refractivity contribution in [1.29, 1.82) is 0 Å². The van der Waals surface area contributed by atoms with Crippen LogP contribution in [0.1, 0.15) is 37.0 Å². The Hall–Kier alpha value is -2.04. The number of carboxylic acids is 1. The van der Waals surface area contributed by atoms with Gasteiger partial charge in [-0.1, -0.05) is 20.3 Å².